The fourth-order valence-electron chi connectivity index (χ4n) is 1.85. The van der Waals surface area contributed by atoms with Crippen LogP contribution in [0.3, 0.4) is 0 Å². The van der Waals surface area contributed by atoms with E-state index in [1.807, 2.05) is 6.92 Å². The fraction of sp³-hybridized carbons (Fsp3) is 0.909. The van der Waals surface area contributed by atoms with Crippen LogP contribution in [0.25, 0.3) is 0 Å². The van der Waals surface area contributed by atoms with E-state index in [-0.39, 0.29) is 18.6 Å². The average molecular weight is 262 g/mol. The number of amides is 1. The van der Waals surface area contributed by atoms with Gasteiger partial charge >= 0.3 is 0 Å². The summed E-state index contributed by atoms with van der Waals surface area (Å²) in [6.07, 6.45) is 3.01. The van der Waals surface area contributed by atoms with Gasteiger partial charge in [0.15, 0.2) is 9.84 Å². The van der Waals surface area contributed by atoms with Crippen LogP contribution in [0.1, 0.15) is 33.6 Å². The molecule has 0 aromatic heterocycles. The van der Waals surface area contributed by atoms with E-state index in [2.05, 4.69) is 5.32 Å². The molecule has 0 saturated carbocycles. The molecule has 0 radical (unpaired) electrons. The summed E-state index contributed by atoms with van der Waals surface area (Å²) in [6.45, 7) is 5.94. The first kappa shape index (κ1) is 14.4. The van der Waals surface area contributed by atoms with Gasteiger partial charge in [-0.2, -0.15) is 0 Å². The lowest BCUT2D eigenvalue weighted by Crippen LogP contribution is -2.48. The van der Waals surface area contributed by atoms with Gasteiger partial charge in [-0.05, 0) is 20.3 Å². The summed E-state index contributed by atoms with van der Waals surface area (Å²) in [6, 6.07) is 0. The molecule has 17 heavy (non-hydrogen) atoms. The van der Waals surface area contributed by atoms with Crippen molar-refractivity contribution in [2.75, 3.05) is 19.3 Å². The lowest BCUT2D eigenvalue weighted by molar-refractivity contribution is -0.128. The minimum atomic E-state index is -3.17. The van der Waals surface area contributed by atoms with Crippen molar-refractivity contribution in [1.29, 1.82) is 0 Å². The van der Waals surface area contributed by atoms with E-state index in [0.29, 0.717) is 6.54 Å². The molecule has 1 atom stereocenters. The molecule has 1 heterocycles. The average Bonchev–Trinajstić information content (AvgIpc) is 2.48. The second kappa shape index (κ2) is 4.94. The highest BCUT2D eigenvalue weighted by Gasteiger charge is 2.38. The van der Waals surface area contributed by atoms with Gasteiger partial charge in [0.25, 0.3) is 0 Å². The lowest BCUT2D eigenvalue weighted by atomic mass is 10.1. The molecule has 1 saturated heterocycles. The van der Waals surface area contributed by atoms with Crippen molar-refractivity contribution in [2.24, 2.45) is 0 Å². The summed E-state index contributed by atoms with van der Waals surface area (Å²) in [5.74, 6) is -0.0137. The van der Waals surface area contributed by atoms with Crippen molar-refractivity contribution in [3.8, 4) is 0 Å². The molecule has 100 valence electrons. The van der Waals surface area contributed by atoms with Crippen LogP contribution in [0.4, 0.5) is 0 Å². The van der Waals surface area contributed by atoms with E-state index in [4.69, 9.17) is 0 Å². The number of hydrogen-bond acceptors (Lipinski definition) is 4. The van der Waals surface area contributed by atoms with Crippen LogP contribution >= 0.6 is 0 Å². The SMILES string of the molecule is CCCC1NCC(=O)N1CC(C)(C)S(C)(=O)=O. The number of nitrogens with one attached hydrogen (secondary N) is 1. The highest BCUT2D eigenvalue weighted by atomic mass is 32.2. The first-order valence-corrected chi connectivity index (χ1v) is 7.80. The van der Waals surface area contributed by atoms with Gasteiger partial charge in [-0.15, -0.1) is 0 Å². The molecule has 0 bridgehead atoms. The van der Waals surface area contributed by atoms with Gasteiger partial charge in [0.2, 0.25) is 5.91 Å². The summed E-state index contributed by atoms with van der Waals surface area (Å²) in [7, 11) is -3.17. The Kier molecular flexibility index (Phi) is 4.19. The van der Waals surface area contributed by atoms with E-state index < -0.39 is 14.6 Å². The molecule has 6 heteroatoms. The van der Waals surface area contributed by atoms with E-state index in [1.165, 1.54) is 6.26 Å². The van der Waals surface area contributed by atoms with Gasteiger partial charge < -0.3 is 4.90 Å². The van der Waals surface area contributed by atoms with E-state index in [0.717, 1.165) is 12.8 Å². The largest absolute Gasteiger partial charge is 0.324 e. The number of sulfone groups is 1. The van der Waals surface area contributed by atoms with Gasteiger partial charge in [0.05, 0.1) is 17.5 Å². The molecule has 1 amide bonds. The number of nitrogens with zero attached hydrogens (tertiary/aromatic N) is 1. The zero-order valence-corrected chi connectivity index (χ0v) is 11.8. The summed E-state index contributed by atoms with van der Waals surface area (Å²) in [4.78, 5) is 13.4. The Morgan fingerprint density at radius 3 is 2.53 bits per heavy atom. The van der Waals surface area contributed by atoms with Crippen LogP contribution < -0.4 is 5.32 Å². The van der Waals surface area contributed by atoms with Crippen LogP contribution in [0, 0.1) is 0 Å². The maximum absolute atomic E-state index is 11.7. The van der Waals surface area contributed by atoms with E-state index in [9.17, 15) is 13.2 Å². The summed E-state index contributed by atoms with van der Waals surface area (Å²) >= 11 is 0. The minimum Gasteiger partial charge on any atom is -0.324 e. The molecule has 1 rings (SSSR count). The minimum absolute atomic E-state index is 0.0137. The Morgan fingerprint density at radius 1 is 1.47 bits per heavy atom. The van der Waals surface area contributed by atoms with Crippen molar-refractivity contribution in [3.05, 3.63) is 0 Å². The van der Waals surface area contributed by atoms with Gasteiger partial charge in [-0.25, -0.2) is 8.42 Å². The summed E-state index contributed by atoms with van der Waals surface area (Å²) < 4.78 is 22.4. The molecule has 0 spiro atoms. The van der Waals surface area contributed by atoms with Crippen LogP contribution in [0.15, 0.2) is 0 Å². The third kappa shape index (κ3) is 3.19. The third-order valence-electron chi connectivity index (χ3n) is 3.30. The molecule has 1 aliphatic heterocycles. The molecule has 5 nitrogen and oxygen atoms in total. The highest BCUT2D eigenvalue weighted by Crippen LogP contribution is 2.21. The van der Waals surface area contributed by atoms with Crippen LogP contribution in [0.5, 0.6) is 0 Å². The standard InChI is InChI=1S/C11H22N2O3S/c1-5-6-9-12-7-10(14)13(9)8-11(2,3)17(4,15)16/h9,12H,5-8H2,1-4H3. The number of carbonyl (C=O) groups excluding carboxylic acids is 1. The molecule has 1 unspecified atom stereocenters. The molecular weight excluding hydrogens is 240 g/mol. The molecule has 1 aliphatic rings. The zero-order valence-electron chi connectivity index (χ0n) is 11.0. The summed E-state index contributed by atoms with van der Waals surface area (Å²) in [5, 5.41) is 3.11. The van der Waals surface area contributed by atoms with Crippen molar-refractivity contribution >= 4 is 15.7 Å². The maximum atomic E-state index is 11.7. The molecule has 0 aromatic carbocycles. The molecule has 1 N–H and O–H groups in total. The predicted molar refractivity (Wildman–Crippen MR) is 67.3 cm³/mol. The van der Waals surface area contributed by atoms with E-state index in [1.54, 1.807) is 18.7 Å². The maximum Gasteiger partial charge on any atom is 0.237 e. The highest BCUT2D eigenvalue weighted by molar-refractivity contribution is 7.92. The lowest BCUT2D eigenvalue weighted by Gasteiger charge is -2.32. The van der Waals surface area contributed by atoms with E-state index >= 15 is 0 Å². The van der Waals surface area contributed by atoms with Crippen LogP contribution in [-0.4, -0.2) is 49.5 Å². The number of hydrogen-bond donors (Lipinski definition) is 1. The topological polar surface area (TPSA) is 66.5 Å². The quantitative estimate of drug-likeness (QED) is 0.777. The molecule has 1 fully saturated rings. The van der Waals surface area contributed by atoms with Gasteiger partial charge in [0, 0.05) is 12.8 Å². The Hall–Kier alpha value is -0.620. The molecule has 0 aliphatic carbocycles. The molecule has 0 aromatic rings. The Morgan fingerprint density at radius 2 is 2.06 bits per heavy atom. The third-order valence-corrected chi connectivity index (χ3v) is 5.44. The second-order valence-corrected chi connectivity index (χ2v) is 7.89. The van der Waals surface area contributed by atoms with Gasteiger partial charge in [-0.1, -0.05) is 13.3 Å². The van der Waals surface area contributed by atoms with Crippen LogP contribution in [-0.2, 0) is 14.6 Å². The Balaban J connectivity index is 2.82. The van der Waals surface area contributed by atoms with Crippen molar-refractivity contribution in [3.63, 3.8) is 0 Å². The van der Waals surface area contributed by atoms with Crippen molar-refractivity contribution < 1.29 is 13.2 Å². The van der Waals surface area contributed by atoms with Crippen LogP contribution in [0.2, 0.25) is 0 Å². The van der Waals surface area contributed by atoms with Gasteiger partial charge in [0.1, 0.15) is 0 Å². The number of carbonyl (C=O) groups is 1. The first-order valence-electron chi connectivity index (χ1n) is 5.91. The second-order valence-electron chi connectivity index (χ2n) is 5.24. The first-order chi connectivity index (χ1) is 7.69. The fourth-order valence-corrected chi connectivity index (χ4v) is 2.22. The predicted octanol–water partition coefficient (Wildman–Crippen LogP) is 0.368. The molecular formula is C11H22N2O3S. The number of rotatable bonds is 5. The Bertz CT molecular complexity index is 390. The zero-order chi connectivity index (χ0) is 13.3. The van der Waals surface area contributed by atoms with Gasteiger partial charge in [-0.3, -0.25) is 10.1 Å². The smallest absolute Gasteiger partial charge is 0.237 e. The summed E-state index contributed by atoms with van der Waals surface area (Å²) in [5.41, 5.74) is 0. The van der Waals surface area contributed by atoms with Crippen molar-refractivity contribution in [1.82, 2.24) is 10.2 Å². The Labute approximate surface area is 103 Å². The normalized spacial score (nSPS) is 22.2. The van der Waals surface area contributed by atoms with Crippen molar-refractivity contribution in [2.45, 2.75) is 44.5 Å². The monoisotopic (exact) mass is 262 g/mol.